The fourth-order valence-corrected chi connectivity index (χ4v) is 4.34. The van der Waals surface area contributed by atoms with Crippen molar-refractivity contribution in [2.45, 2.75) is 64.1 Å². The number of hydrogen-bond donors (Lipinski definition) is 0. The van der Waals surface area contributed by atoms with E-state index in [9.17, 15) is 0 Å². The second kappa shape index (κ2) is 6.83. The van der Waals surface area contributed by atoms with Crippen molar-refractivity contribution in [1.29, 1.82) is 0 Å². The molecule has 1 aromatic carbocycles. The van der Waals surface area contributed by atoms with E-state index < -0.39 is 0 Å². The van der Waals surface area contributed by atoms with E-state index >= 15 is 0 Å². The number of hydrogen-bond acceptors (Lipinski definition) is 5. The molecule has 2 aliphatic rings. The highest BCUT2D eigenvalue weighted by atomic mass is 16.3. The Hall–Kier alpha value is -2.21. The molecule has 0 radical (unpaired) electrons. The zero-order valence-corrected chi connectivity index (χ0v) is 15.1. The maximum atomic E-state index is 6.09. The molecular formula is C20H25N5O. The van der Waals surface area contributed by atoms with E-state index in [0.29, 0.717) is 0 Å². The lowest BCUT2D eigenvalue weighted by atomic mass is 10.0. The third-order valence-corrected chi connectivity index (χ3v) is 5.74. The van der Waals surface area contributed by atoms with Gasteiger partial charge in [0.2, 0.25) is 5.89 Å². The molecule has 0 bridgehead atoms. The van der Waals surface area contributed by atoms with E-state index in [2.05, 4.69) is 19.7 Å². The summed E-state index contributed by atoms with van der Waals surface area (Å²) < 4.78 is 8.45. The Balaban J connectivity index is 1.42. The second-order valence-corrected chi connectivity index (χ2v) is 7.50. The summed E-state index contributed by atoms with van der Waals surface area (Å²) >= 11 is 0. The van der Waals surface area contributed by atoms with E-state index in [1.165, 1.54) is 32.1 Å². The fourth-order valence-electron chi connectivity index (χ4n) is 4.34. The van der Waals surface area contributed by atoms with Crippen LogP contribution < -0.4 is 0 Å². The van der Waals surface area contributed by atoms with Crippen molar-refractivity contribution in [3.63, 3.8) is 0 Å². The molecule has 26 heavy (non-hydrogen) atoms. The average molecular weight is 351 g/mol. The molecule has 1 atom stereocenters. The number of piperidine rings is 1. The van der Waals surface area contributed by atoms with Crippen LogP contribution in [0, 0.1) is 0 Å². The zero-order chi connectivity index (χ0) is 17.3. The molecule has 2 aliphatic heterocycles. The third kappa shape index (κ3) is 2.92. The Kier molecular flexibility index (Phi) is 4.21. The second-order valence-electron chi connectivity index (χ2n) is 7.50. The molecule has 0 spiro atoms. The molecule has 0 saturated carbocycles. The fraction of sp³-hybridized carbons (Fsp3) is 0.550. The van der Waals surface area contributed by atoms with Gasteiger partial charge in [0.1, 0.15) is 17.2 Å². The zero-order valence-electron chi connectivity index (χ0n) is 15.1. The van der Waals surface area contributed by atoms with Crippen LogP contribution in [-0.2, 0) is 19.5 Å². The number of fused-ring (bicyclic) bond motifs is 2. The van der Waals surface area contributed by atoms with Gasteiger partial charge in [-0.2, -0.15) is 0 Å². The quantitative estimate of drug-likeness (QED) is 0.717. The summed E-state index contributed by atoms with van der Waals surface area (Å²) in [5.41, 5.74) is 1.83. The Bertz CT molecular complexity index is 866. The number of para-hydroxylation sites is 2. The maximum Gasteiger partial charge on any atom is 0.212 e. The van der Waals surface area contributed by atoms with Gasteiger partial charge in [-0.05, 0) is 44.4 Å². The van der Waals surface area contributed by atoms with Crippen molar-refractivity contribution in [2.24, 2.45) is 0 Å². The number of oxazole rings is 1. The number of aryl methyl sites for hydroxylation is 1. The molecule has 1 saturated heterocycles. The molecule has 0 aliphatic carbocycles. The van der Waals surface area contributed by atoms with Crippen LogP contribution in [0.2, 0.25) is 0 Å². The van der Waals surface area contributed by atoms with Gasteiger partial charge in [-0.1, -0.05) is 25.0 Å². The van der Waals surface area contributed by atoms with Crippen LogP contribution in [0.25, 0.3) is 11.1 Å². The predicted molar refractivity (Wildman–Crippen MR) is 98.6 cm³/mol. The molecule has 3 aromatic rings. The summed E-state index contributed by atoms with van der Waals surface area (Å²) in [7, 11) is 0. The van der Waals surface area contributed by atoms with Gasteiger partial charge in [0.25, 0.3) is 0 Å². The van der Waals surface area contributed by atoms with Gasteiger partial charge in [-0.25, -0.2) is 4.98 Å². The summed E-state index contributed by atoms with van der Waals surface area (Å²) in [6.07, 6.45) is 8.34. The van der Waals surface area contributed by atoms with E-state index in [1.807, 2.05) is 24.3 Å². The first-order valence-electron chi connectivity index (χ1n) is 9.89. The molecular weight excluding hydrogens is 326 g/mol. The molecule has 1 unspecified atom stereocenters. The summed E-state index contributed by atoms with van der Waals surface area (Å²) in [6.45, 7) is 2.95. The van der Waals surface area contributed by atoms with Crippen molar-refractivity contribution in [1.82, 2.24) is 24.6 Å². The highest BCUT2D eigenvalue weighted by Crippen LogP contribution is 2.33. The molecule has 0 amide bonds. The smallest absolute Gasteiger partial charge is 0.212 e. The van der Waals surface area contributed by atoms with Crippen LogP contribution >= 0.6 is 0 Å². The van der Waals surface area contributed by atoms with Crippen LogP contribution in [0.4, 0.5) is 0 Å². The first kappa shape index (κ1) is 16.0. The van der Waals surface area contributed by atoms with Gasteiger partial charge in [0, 0.05) is 13.0 Å². The Morgan fingerprint density at radius 2 is 1.92 bits per heavy atom. The van der Waals surface area contributed by atoms with Crippen LogP contribution in [0.3, 0.4) is 0 Å². The van der Waals surface area contributed by atoms with Gasteiger partial charge in [0.05, 0.1) is 12.6 Å². The molecule has 1 fully saturated rings. The van der Waals surface area contributed by atoms with Crippen LogP contribution in [-0.4, -0.2) is 31.2 Å². The van der Waals surface area contributed by atoms with E-state index in [1.54, 1.807) is 0 Å². The van der Waals surface area contributed by atoms with Crippen molar-refractivity contribution in [2.75, 3.05) is 6.54 Å². The summed E-state index contributed by atoms with van der Waals surface area (Å²) in [5.74, 6) is 3.11. The van der Waals surface area contributed by atoms with Crippen molar-refractivity contribution >= 4 is 11.1 Å². The third-order valence-electron chi connectivity index (χ3n) is 5.74. The minimum Gasteiger partial charge on any atom is -0.439 e. The Morgan fingerprint density at radius 3 is 2.88 bits per heavy atom. The van der Waals surface area contributed by atoms with Crippen LogP contribution in [0.1, 0.15) is 62.1 Å². The lowest BCUT2D eigenvalue weighted by molar-refractivity contribution is 0.114. The van der Waals surface area contributed by atoms with Crippen molar-refractivity contribution in [3.05, 3.63) is 41.8 Å². The number of rotatable bonds is 3. The molecule has 0 N–H and O–H groups in total. The Labute approximate surface area is 153 Å². The van der Waals surface area contributed by atoms with Crippen molar-refractivity contribution in [3.8, 4) is 0 Å². The van der Waals surface area contributed by atoms with E-state index in [0.717, 1.165) is 61.1 Å². The SMILES string of the molecule is c1ccc2oc(C3CCCCN3Cc3nnc4n3CCCCC4)nc2c1. The van der Waals surface area contributed by atoms with Gasteiger partial charge in [-0.3, -0.25) is 4.90 Å². The predicted octanol–water partition coefficient (Wildman–Crippen LogP) is 3.87. The molecule has 2 aromatic heterocycles. The highest BCUT2D eigenvalue weighted by molar-refractivity contribution is 5.72. The molecule has 6 nitrogen and oxygen atoms in total. The topological polar surface area (TPSA) is 60.0 Å². The van der Waals surface area contributed by atoms with E-state index in [4.69, 9.17) is 9.40 Å². The summed E-state index contributed by atoms with van der Waals surface area (Å²) in [5, 5.41) is 8.99. The Morgan fingerprint density at radius 1 is 1.00 bits per heavy atom. The first-order valence-corrected chi connectivity index (χ1v) is 9.89. The lowest BCUT2D eigenvalue weighted by Gasteiger charge is -2.33. The molecule has 6 heteroatoms. The van der Waals surface area contributed by atoms with E-state index in [-0.39, 0.29) is 6.04 Å². The van der Waals surface area contributed by atoms with Gasteiger partial charge < -0.3 is 8.98 Å². The minimum atomic E-state index is 0.231. The maximum absolute atomic E-state index is 6.09. The summed E-state index contributed by atoms with van der Waals surface area (Å²) in [4.78, 5) is 7.25. The highest BCUT2D eigenvalue weighted by Gasteiger charge is 2.30. The first-order chi connectivity index (χ1) is 12.9. The average Bonchev–Trinajstić information content (AvgIpc) is 3.19. The van der Waals surface area contributed by atoms with Gasteiger partial charge in [0.15, 0.2) is 5.58 Å². The van der Waals surface area contributed by atoms with Crippen molar-refractivity contribution < 1.29 is 4.42 Å². The summed E-state index contributed by atoms with van der Waals surface area (Å²) in [6, 6.07) is 8.26. The lowest BCUT2D eigenvalue weighted by Crippen LogP contribution is -2.34. The van der Waals surface area contributed by atoms with Gasteiger partial charge in [-0.15, -0.1) is 10.2 Å². The largest absolute Gasteiger partial charge is 0.439 e. The monoisotopic (exact) mass is 351 g/mol. The van der Waals surface area contributed by atoms with Crippen LogP contribution in [0.15, 0.2) is 28.7 Å². The number of likely N-dealkylation sites (tertiary alicyclic amines) is 1. The number of benzene rings is 1. The normalized spacial score (nSPS) is 21.6. The van der Waals surface area contributed by atoms with Gasteiger partial charge >= 0.3 is 0 Å². The molecule has 5 rings (SSSR count). The minimum absolute atomic E-state index is 0.231. The standard InChI is InChI=1S/C20H25N5O/c1-2-11-18-22-23-19(25(18)13-6-1)14-24-12-7-5-9-16(24)20-21-15-8-3-4-10-17(15)26-20/h3-4,8,10,16H,1-2,5-7,9,11-14H2. The number of nitrogens with zero attached hydrogens (tertiary/aromatic N) is 5. The van der Waals surface area contributed by atoms with Crippen LogP contribution in [0.5, 0.6) is 0 Å². The molecule has 4 heterocycles. The molecule has 136 valence electrons. The number of aromatic nitrogens is 4.